The lowest BCUT2D eigenvalue weighted by atomic mass is 10.0. The van der Waals surface area contributed by atoms with Crippen LogP contribution in [-0.2, 0) is 23.0 Å². The summed E-state index contributed by atoms with van der Waals surface area (Å²) in [4.78, 5) is 8.10. The molecule has 0 saturated carbocycles. The minimum atomic E-state index is -5.13. The number of ether oxygens (including phenoxy) is 1. The monoisotopic (exact) mass is 572 g/mol. The van der Waals surface area contributed by atoms with E-state index in [-0.39, 0.29) is 18.3 Å². The minimum Gasteiger partial charge on any atom is -0.404 e. The molecule has 1 N–H and O–H groups in total. The molecule has 0 spiro atoms. The van der Waals surface area contributed by atoms with Gasteiger partial charge >= 0.3 is 6.36 Å². The molecule has 0 fully saturated rings. The minimum absolute atomic E-state index is 0.111. The van der Waals surface area contributed by atoms with E-state index >= 15 is 0 Å². The lowest BCUT2D eigenvalue weighted by Crippen LogP contribution is -2.38. The Bertz CT molecular complexity index is 1610. The van der Waals surface area contributed by atoms with E-state index in [1.165, 1.54) is 18.5 Å². The summed E-state index contributed by atoms with van der Waals surface area (Å²) >= 11 is 0. The Morgan fingerprint density at radius 3 is 2.50 bits per heavy atom. The van der Waals surface area contributed by atoms with Crippen molar-refractivity contribution in [3.05, 3.63) is 102 Å². The van der Waals surface area contributed by atoms with E-state index < -0.39 is 39.2 Å². The first-order chi connectivity index (χ1) is 19.0. The first kappa shape index (κ1) is 27.8. The Morgan fingerprint density at radius 2 is 1.80 bits per heavy atom. The molecule has 0 amide bonds. The number of aliphatic hydroxyl groups excluding tert-OH is 1. The molecule has 4 aromatic rings. The van der Waals surface area contributed by atoms with Gasteiger partial charge in [0.2, 0.25) is 10.0 Å². The molecule has 2 unspecified atom stereocenters. The molecule has 2 atom stereocenters. The number of hydrogen-bond donors (Lipinski definition) is 1. The molecule has 1 aliphatic rings. The van der Waals surface area contributed by atoms with E-state index in [4.69, 9.17) is 0 Å². The summed E-state index contributed by atoms with van der Waals surface area (Å²) < 4.78 is 76.1. The van der Waals surface area contributed by atoms with Crippen LogP contribution in [0.5, 0.6) is 5.75 Å². The van der Waals surface area contributed by atoms with Crippen LogP contribution in [-0.4, -0.2) is 38.7 Å². The molecule has 3 heterocycles. The van der Waals surface area contributed by atoms with E-state index in [0.29, 0.717) is 28.9 Å². The summed E-state index contributed by atoms with van der Waals surface area (Å²) in [5.41, 5.74) is 1.37. The molecule has 2 aromatic heterocycles. The topological polar surface area (TPSA) is 97.6 Å². The van der Waals surface area contributed by atoms with Gasteiger partial charge < -0.3 is 9.84 Å². The van der Waals surface area contributed by atoms with Crippen molar-refractivity contribution in [3.8, 4) is 11.6 Å². The predicted octanol–water partition coefficient (Wildman–Crippen LogP) is 5.34. The van der Waals surface area contributed by atoms with Crippen LogP contribution >= 0.6 is 0 Å². The number of pyridine rings is 1. The Balaban J connectivity index is 1.72. The molecule has 8 nitrogen and oxygen atoms in total. The number of nitrogens with zero attached hydrogens (tertiary/aromatic N) is 4. The van der Waals surface area contributed by atoms with Crippen LogP contribution in [0.25, 0.3) is 5.82 Å². The van der Waals surface area contributed by atoms with Crippen LogP contribution < -0.4 is 4.74 Å². The highest BCUT2D eigenvalue weighted by molar-refractivity contribution is 7.89. The van der Waals surface area contributed by atoms with Crippen molar-refractivity contribution in [3.63, 3.8) is 0 Å². The van der Waals surface area contributed by atoms with E-state index in [2.05, 4.69) is 14.7 Å². The molecule has 0 radical (unpaired) electrons. The average Bonchev–Trinajstić information content (AvgIpc) is 3.31. The molecular formula is C28H27F3N4O4S. The van der Waals surface area contributed by atoms with Gasteiger partial charge in [-0.2, -0.15) is 4.31 Å². The largest absolute Gasteiger partial charge is 0.573 e. The highest BCUT2D eigenvalue weighted by Crippen LogP contribution is 2.43. The SMILES string of the molecule is CC(C)Cc1ccc(S(=O)(=O)N2Cc3cccnc3-n3ccnc3C2C(O)c2ccccc2)c(OC(F)(F)F)c1. The summed E-state index contributed by atoms with van der Waals surface area (Å²) in [5.74, 6) is -0.165. The number of aliphatic hydroxyl groups is 1. The Morgan fingerprint density at radius 1 is 1.05 bits per heavy atom. The van der Waals surface area contributed by atoms with Crippen molar-refractivity contribution in [2.24, 2.45) is 5.92 Å². The highest BCUT2D eigenvalue weighted by atomic mass is 32.2. The second-order valence-corrected chi connectivity index (χ2v) is 11.8. The summed E-state index contributed by atoms with van der Waals surface area (Å²) in [6.07, 6.45) is -1.54. The number of hydrogen-bond acceptors (Lipinski definition) is 6. The van der Waals surface area contributed by atoms with E-state index in [1.54, 1.807) is 53.2 Å². The second-order valence-electron chi connectivity index (χ2n) is 9.92. The molecule has 0 bridgehead atoms. The van der Waals surface area contributed by atoms with Gasteiger partial charge in [-0.15, -0.1) is 13.2 Å². The van der Waals surface area contributed by atoms with Gasteiger partial charge in [0.15, 0.2) is 0 Å². The van der Waals surface area contributed by atoms with Crippen LogP contribution in [0.3, 0.4) is 0 Å². The zero-order valence-electron chi connectivity index (χ0n) is 21.7. The fourth-order valence-electron chi connectivity index (χ4n) is 4.94. The van der Waals surface area contributed by atoms with Crippen molar-refractivity contribution in [2.75, 3.05) is 0 Å². The lowest BCUT2D eigenvalue weighted by molar-refractivity contribution is -0.275. The summed E-state index contributed by atoms with van der Waals surface area (Å²) in [7, 11) is -4.73. The van der Waals surface area contributed by atoms with Crippen LogP contribution in [0.4, 0.5) is 13.2 Å². The van der Waals surface area contributed by atoms with Gasteiger partial charge in [0.05, 0.1) is 0 Å². The number of benzene rings is 2. The maximum absolute atomic E-state index is 14.4. The van der Waals surface area contributed by atoms with Crippen LogP contribution in [0.2, 0.25) is 0 Å². The van der Waals surface area contributed by atoms with Gasteiger partial charge in [-0.25, -0.2) is 18.4 Å². The summed E-state index contributed by atoms with van der Waals surface area (Å²) in [6.45, 7) is 3.51. The van der Waals surface area contributed by atoms with Crippen LogP contribution in [0.15, 0.2) is 84.1 Å². The van der Waals surface area contributed by atoms with Crippen LogP contribution in [0.1, 0.15) is 48.5 Å². The fourth-order valence-corrected chi connectivity index (χ4v) is 6.60. The van der Waals surface area contributed by atoms with Gasteiger partial charge in [0.25, 0.3) is 0 Å². The van der Waals surface area contributed by atoms with Gasteiger partial charge in [0, 0.05) is 30.7 Å². The maximum atomic E-state index is 14.4. The van der Waals surface area contributed by atoms with Crippen molar-refractivity contribution in [1.82, 2.24) is 18.8 Å². The maximum Gasteiger partial charge on any atom is 0.573 e. The smallest absolute Gasteiger partial charge is 0.404 e. The van der Waals surface area contributed by atoms with E-state index in [0.717, 1.165) is 16.4 Å². The van der Waals surface area contributed by atoms with Gasteiger partial charge in [-0.3, -0.25) is 4.57 Å². The third-order valence-electron chi connectivity index (χ3n) is 6.57. The number of alkyl halides is 3. The van der Waals surface area contributed by atoms with Gasteiger partial charge in [-0.1, -0.05) is 56.3 Å². The van der Waals surface area contributed by atoms with Crippen molar-refractivity contribution in [1.29, 1.82) is 0 Å². The number of sulfonamides is 1. The average molecular weight is 573 g/mol. The Labute approximate surface area is 229 Å². The predicted molar refractivity (Wildman–Crippen MR) is 140 cm³/mol. The fraction of sp³-hybridized carbons (Fsp3) is 0.286. The summed E-state index contributed by atoms with van der Waals surface area (Å²) in [6, 6.07) is 14.1. The van der Waals surface area contributed by atoms with Crippen LogP contribution in [0, 0.1) is 5.92 Å². The molecule has 0 saturated heterocycles. The molecule has 210 valence electrons. The highest BCUT2D eigenvalue weighted by Gasteiger charge is 2.44. The van der Waals surface area contributed by atoms with E-state index in [9.17, 15) is 26.7 Å². The van der Waals surface area contributed by atoms with E-state index in [1.807, 2.05) is 13.8 Å². The Kier molecular flexibility index (Phi) is 7.42. The van der Waals surface area contributed by atoms with Crippen molar-refractivity contribution < 1.29 is 31.4 Å². The summed E-state index contributed by atoms with van der Waals surface area (Å²) in [5, 5.41) is 11.6. The molecule has 5 rings (SSSR count). The molecule has 0 aliphatic carbocycles. The second kappa shape index (κ2) is 10.7. The third kappa shape index (κ3) is 5.47. The standard InChI is InChI=1S/C28H27F3N4O4S/c1-18(2)15-19-10-11-23(22(16-19)39-28(29,30)31)40(37,38)35-17-21-9-6-12-32-26(21)34-14-13-33-27(34)24(35)25(36)20-7-4-3-5-8-20/h3-14,16,18,24-25,36H,15,17H2,1-2H3. The zero-order chi connectivity index (χ0) is 28.7. The molecule has 12 heteroatoms. The number of halogens is 3. The number of imidazole rings is 1. The molecule has 1 aliphatic heterocycles. The molecule has 40 heavy (non-hydrogen) atoms. The number of rotatable bonds is 7. The first-order valence-corrected chi connectivity index (χ1v) is 14.0. The first-order valence-electron chi connectivity index (χ1n) is 12.6. The van der Waals surface area contributed by atoms with Crippen molar-refractivity contribution in [2.45, 2.75) is 50.2 Å². The lowest BCUT2D eigenvalue weighted by Gasteiger charge is -2.32. The molecule has 2 aromatic carbocycles. The number of aromatic nitrogens is 3. The quantitative estimate of drug-likeness (QED) is 0.321. The zero-order valence-corrected chi connectivity index (χ0v) is 22.5. The number of fused-ring (bicyclic) bond motifs is 3. The van der Waals surface area contributed by atoms with Gasteiger partial charge in [0.1, 0.15) is 34.4 Å². The van der Waals surface area contributed by atoms with Crippen molar-refractivity contribution >= 4 is 10.0 Å². The van der Waals surface area contributed by atoms with Gasteiger partial charge in [-0.05, 0) is 41.7 Å². The Hall–Kier alpha value is -3.74. The normalized spacial score (nSPS) is 16.7. The third-order valence-corrected chi connectivity index (χ3v) is 8.44. The molecular weight excluding hydrogens is 545 g/mol.